The minimum Gasteiger partial charge on any atom is -0.759 e. The lowest BCUT2D eigenvalue weighted by Gasteiger charge is -2.06. The van der Waals surface area contributed by atoms with Crippen molar-refractivity contribution in [2.24, 2.45) is 28.2 Å². The number of nitrogens with zero attached hydrogens (tertiary/aromatic N) is 4. The molecule has 8 nitrogen and oxygen atoms in total. The monoisotopic (exact) mass is 594 g/mol. The van der Waals surface area contributed by atoms with Crippen LogP contribution in [0.3, 0.4) is 0 Å². The fraction of sp³-hybridized carbons (Fsp3) is 0.118. The zero-order valence-electron chi connectivity index (χ0n) is 24.5. The maximum atomic E-state index is 8.52. The molecule has 0 unspecified atom stereocenters. The smallest absolute Gasteiger partial charge is 0.238 e. The van der Waals surface area contributed by atoms with Gasteiger partial charge in [0.2, 0.25) is 11.4 Å². The molecule has 0 aliphatic carbocycles. The summed E-state index contributed by atoms with van der Waals surface area (Å²) in [5.41, 5.74) is 9.85. The summed E-state index contributed by atoms with van der Waals surface area (Å²) >= 11 is 0. The number of hydrogen-bond donors (Lipinski definition) is 0. The number of benzene rings is 4. The van der Waals surface area contributed by atoms with Crippen molar-refractivity contribution < 1.29 is 26.9 Å². The van der Waals surface area contributed by atoms with Gasteiger partial charge in [0.05, 0.1) is 14.1 Å². The summed E-state index contributed by atoms with van der Waals surface area (Å²) < 4.78 is 42.8. The standard InChI is InChI=1S/2C17H17N2.H2O4S/c2*1-18-16(14-9-5-3-6-10-14)13-17(19(18)2)15-11-7-4-8-12-15;1-5(2,3)4/h2*3-13H,1-2H3;(H2,1,2,3,4)/q2*+1;/p-2. The van der Waals surface area contributed by atoms with E-state index in [1.54, 1.807) is 0 Å². The van der Waals surface area contributed by atoms with E-state index in [0.29, 0.717) is 0 Å². The molecule has 9 heteroatoms. The van der Waals surface area contributed by atoms with Crippen LogP contribution in [0.4, 0.5) is 0 Å². The summed E-state index contributed by atoms with van der Waals surface area (Å²) in [6, 6.07) is 46.4. The predicted octanol–water partition coefficient (Wildman–Crippen LogP) is 5.03. The summed E-state index contributed by atoms with van der Waals surface area (Å²) in [6.07, 6.45) is 0. The topological polar surface area (TPSA) is 97.9 Å². The first kappa shape index (κ1) is 31.1. The Balaban J connectivity index is 0.000000171. The van der Waals surface area contributed by atoms with E-state index in [0.717, 1.165) is 0 Å². The van der Waals surface area contributed by atoms with E-state index in [2.05, 4.69) is 156 Å². The number of hydrogen-bond acceptors (Lipinski definition) is 4. The van der Waals surface area contributed by atoms with Crippen molar-refractivity contribution in [1.29, 1.82) is 0 Å². The molecule has 0 N–H and O–H groups in total. The molecule has 6 rings (SSSR count). The van der Waals surface area contributed by atoms with Gasteiger partial charge in [0, 0.05) is 44.8 Å². The molecule has 0 aliphatic rings. The van der Waals surface area contributed by atoms with Gasteiger partial charge in [0.1, 0.15) is 11.4 Å². The predicted molar refractivity (Wildman–Crippen MR) is 165 cm³/mol. The highest BCUT2D eigenvalue weighted by Crippen LogP contribution is 2.25. The van der Waals surface area contributed by atoms with Crippen LogP contribution in [0.2, 0.25) is 0 Å². The second kappa shape index (κ2) is 13.9. The lowest BCUT2D eigenvalue weighted by atomic mass is 10.1. The largest absolute Gasteiger partial charge is 0.759 e. The Kier molecular flexibility index (Phi) is 10.0. The maximum absolute atomic E-state index is 8.52. The summed E-state index contributed by atoms with van der Waals surface area (Å²) in [5, 5.41) is 0. The average Bonchev–Trinajstić information content (AvgIpc) is 3.48. The van der Waals surface area contributed by atoms with Crippen LogP contribution >= 0.6 is 0 Å². The van der Waals surface area contributed by atoms with E-state index >= 15 is 0 Å². The van der Waals surface area contributed by atoms with Crippen molar-refractivity contribution in [3.05, 3.63) is 133 Å². The van der Waals surface area contributed by atoms with E-state index in [-0.39, 0.29) is 0 Å². The van der Waals surface area contributed by atoms with E-state index in [1.807, 2.05) is 24.3 Å². The van der Waals surface area contributed by atoms with Gasteiger partial charge in [-0.3, -0.25) is 8.42 Å². The van der Waals surface area contributed by atoms with Crippen molar-refractivity contribution in [2.45, 2.75) is 0 Å². The molecular weight excluding hydrogens is 560 g/mol. The Bertz CT molecular complexity index is 1620. The van der Waals surface area contributed by atoms with Crippen LogP contribution in [0.25, 0.3) is 45.0 Å². The minimum absolute atomic E-state index is 1.22. The Morgan fingerprint density at radius 3 is 0.977 bits per heavy atom. The third-order valence-corrected chi connectivity index (χ3v) is 7.12. The van der Waals surface area contributed by atoms with Crippen LogP contribution in [-0.2, 0) is 38.6 Å². The molecule has 0 fully saturated rings. The van der Waals surface area contributed by atoms with E-state index in [4.69, 9.17) is 17.5 Å². The Hall–Kier alpha value is -4.83. The maximum Gasteiger partial charge on any atom is 0.238 e. The summed E-state index contributed by atoms with van der Waals surface area (Å²) in [6.45, 7) is 0. The van der Waals surface area contributed by atoms with Crippen LogP contribution < -0.4 is 9.36 Å². The van der Waals surface area contributed by atoms with Crippen LogP contribution in [0.5, 0.6) is 0 Å². The molecule has 0 spiro atoms. The molecule has 0 radical (unpaired) electrons. The van der Waals surface area contributed by atoms with Crippen LogP contribution in [0.1, 0.15) is 0 Å². The molecule has 220 valence electrons. The van der Waals surface area contributed by atoms with Gasteiger partial charge in [0.25, 0.3) is 0 Å². The van der Waals surface area contributed by atoms with Crippen molar-refractivity contribution in [1.82, 2.24) is 9.36 Å². The van der Waals surface area contributed by atoms with Crippen LogP contribution in [-0.4, -0.2) is 26.9 Å². The Labute approximate surface area is 252 Å². The molecule has 0 saturated heterocycles. The molecule has 0 amide bonds. The van der Waals surface area contributed by atoms with Crippen molar-refractivity contribution >= 4 is 10.4 Å². The van der Waals surface area contributed by atoms with Gasteiger partial charge >= 0.3 is 0 Å². The Morgan fingerprint density at radius 1 is 0.488 bits per heavy atom. The third kappa shape index (κ3) is 8.14. The van der Waals surface area contributed by atoms with Crippen molar-refractivity contribution in [3.63, 3.8) is 0 Å². The molecule has 0 bridgehead atoms. The highest BCUT2D eigenvalue weighted by atomic mass is 32.3. The zero-order valence-corrected chi connectivity index (χ0v) is 25.3. The lowest BCUT2D eigenvalue weighted by molar-refractivity contribution is -0.740. The average molecular weight is 595 g/mol. The SMILES string of the molecule is Cn1c(-c2ccccc2)cc(-c2ccccc2)[n+]1C.Cn1c(-c2ccccc2)cc(-c2ccccc2)[n+]1C.O=S(=O)([O-])[O-]. The molecule has 0 aliphatic heterocycles. The second-order valence-electron chi connectivity index (χ2n) is 9.80. The first-order chi connectivity index (χ1) is 20.5. The molecule has 0 atom stereocenters. The minimum atomic E-state index is -5.17. The van der Waals surface area contributed by atoms with Gasteiger partial charge in [-0.25, -0.2) is 0 Å². The normalized spacial score (nSPS) is 10.7. The van der Waals surface area contributed by atoms with E-state index in [9.17, 15) is 0 Å². The Morgan fingerprint density at radius 2 is 0.721 bits per heavy atom. The van der Waals surface area contributed by atoms with Crippen LogP contribution in [0.15, 0.2) is 133 Å². The molecule has 43 heavy (non-hydrogen) atoms. The third-order valence-electron chi connectivity index (χ3n) is 7.12. The summed E-state index contributed by atoms with van der Waals surface area (Å²) in [7, 11) is 3.20. The highest BCUT2D eigenvalue weighted by molar-refractivity contribution is 7.79. The molecule has 2 heterocycles. The lowest BCUT2D eigenvalue weighted by Crippen LogP contribution is -2.39. The van der Waals surface area contributed by atoms with E-state index < -0.39 is 10.4 Å². The molecule has 6 aromatic rings. The van der Waals surface area contributed by atoms with Gasteiger partial charge in [-0.1, -0.05) is 97.1 Å². The molecule has 4 aromatic carbocycles. The quantitative estimate of drug-likeness (QED) is 0.162. The molecule has 2 aromatic heterocycles. The first-order valence-electron chi connectivity index (χ1n) is 13.5. The van der Waals surface area contributed by atoms with Crippen molar-refractivity contribution in [3.8, 4) is 45.0 Å². The number of aromatic nitrogens is 4. The van der Waals surface area contributed by atoms with Gasteiger partial charge in [-0.05, 0) is 24.3 Å². The summed E-state index contributed by atoms with van der Waals surface area (Å²) in [4.78, 5) is 0. The van der Waals surface area contributed by atoms with Gasteiger partial charge in [-0.2, -0.15) is 9.36 Å². The molecular formula is C34H34N4O4S. The number of rotatable bonds is 4. The fourth-order valence-corrected chi connectivity index (χ4v) is 4.80. The van der Waals surface area contributed by atoms with Crippen LogP contribution in [0, 0.1) is 0 Å². The summed E-state index contributed by atoms with van der Waals surface area (Å²) in [5.74, 6) is 0. The second-order valence-corrected chi connectivity index (χ2v) is 10.6. The van der Waals surface area contributed by atoms with Crippen molar-refractivity contribution in [2.75, 3.05) is 0 Å². The molecule has 0 saturated carbocycles. The first-order valence-corrected chi connectivity index (χ1v) is 14.9. The van der Waals surface area contributed by atoms with Gasteiger partial charge < -0.3 is 9.11 Å². The fourth-order valence-electron chi connectivity index (χ4n) is 4.80. The van der Waals surface area contributed by atoms with Gasteiger partial charge in [0.15, 0.2) is 14.1 Å². The highest BCUT2D eigenvalue weighted by Gasteiger charge is 2.20. The zero-order chi connectivity index (χ0) is 31.0. The van der Waals surface area contributed by atoms with E-state index in [1.165, 1.54) is 45.0 Å². The van der Waals surface area contributed by atoms with Gasteiger partial charge in [-0.15, -0.1) is 9.36 Å².